The smallest absolute Gasteiger partial charge is 0.00218 e. The lowest BCUT2D eigenvalue weighted by molar-refractivity contribution is 0.315. The SMILES string of the molecule is CCCCCCCCCCCN(C)CCCCC. The van der Waals surface area contributed by atoms with E-state index >= 15 is 0 Å². The molecule has 0 atom stereocenters. The Hall–Kier alpha value is -0.0400. The summed E-state index contributed by atoms with van der Waals surface area (Å²) in [5.41, 5.74) is 0. The first-order valence-electron chi connectivity index (χ1n) is 8.49. The van der Waals surface area contributed by atoms with Crippen LogP contribution < -0.4 is 0 Å². The van der Waals surface area contributed by atoms with Crippen molar-refractivity contribution in [3.8, 4) is 0 Å². The third-order valence-corrected chi connectivity index (χ3v) is 3.79. The zero-order valence-corrected chi connectivity index (χ0v) is 13.3. The van der Waals surface area contributed by atoms with Gasteiger partial charge in [0.2, 0.25) is 0 Å². The van der Waals surface area contributed by atoms with Gasteiger partial charge in [0.05, 0.1) is 0 Å². The molecule has 18 heavy (non-hydrogen) atoms. The number of hydrogen-bond acceptors (Lipinski definition) is 1. The van der Waals surface area contributed by atoms with Gasteiger partial charge in [-0.2, -0.15) is 0 Å². The molecular formula is C17H37N. The van der Waals surface area contributed by atoms with Gasteiger partial charge in [-0.1, -0.05) is 78.1 Å². The fourth-order valence-electron chi connectivity index (χ4n) is 2.44. The monoisotopic (exact) mass is 255 g/mol. The van der Waals surface area contributed by atoms with E-state index in [-0.39, 0.29) is 0 Å². The number of nitrogens with zero attached hydrogens (tertiary/aromatic N) is 1. The molecule has 0 bridgehead atoms. The molecule has 0 heterocycles. The van der Waals surface area contributed by atoms with Gasteiger partial charge in [-0.25, -0.2) is 0 Å². The van der Waals surface area contributed by atoms with E-state index in [9.17, 15) is 0 Å². The second-order valence-electron chi connectivity index (χ2n) is 5.84. The summed E-state index contributed by atoms with van der Waals surface area (Å²) in [6.07, 6.45) is 17.0. The molecule has 0 N–H and O–H groups in total. The minimum absolute atomic E-state index is 1.30. The van der Waals surface area contributed by atoms with Gasteiger partial charge in [-0.15, -0.1) is 0 Å². The molecule has 0 aromatic heterocycles. The molecule has 0 aromatic carbocycles. The van der Waals surface area contributed by atoms with Gasteiger partial charge < -0.3 is 4.90 Å². The van der Waals surface area contributed by atoms with Crippen molar-refractivity contribution in [2.75, 3.05) is 20.1 Å². The lowest BCUT2D eigenvalue weighted by Gasteiger charge is -2.15. The van der Waals surface area contributed by atoms with Gasteiger partial charge in [0.1, 0.15) is 0 Å². The molecule has 0 saturated heterocycles. The van der Waals surface area contributed by atoms with Crippen LogP contribution in [-0.4, -0.2) is 25.0 Å². The van der Waals surface area contributed by atoms with E-state index < -0.39 is 0 Å². The third-order valence-electron chi connectivity index (χ3n) is 3.79. The molecule has 0 aromatic rings. The summed E-state index contributed by atoms with van der Waals surface area (Å²) in [6.45, 7) is 7.17. The minimum Gasteiger partial charge on any atom is -0.306 e. The summed E-state index contributed by atoms with van der Waals surface area (Å²) in [4.78, 5) is 2.51. The van der Waals surface area contributed by atoms with E-state index in [4.69, 9.17) is 0 Å². The predicted molar refractivity (Wildman–Crippen MR) is 84.2 cm³/mol. The summed E-state index contributed by atoms with van der Waals surface area (Å²) < 4.78 is 0. The first-order chi connectivity index (χ1) is 8.81. The Morgan fingerprint density at radius 3 is 1.33 bits per heavy atom. The molecule has 1 heteroatoms. The van der Waals surface area contributed by atoms with Crippen LogP contribution in [0.2, 0.25) is 0 Å². The van der Waals surface area contributed by atoms with E-state index in [1.165, 1.54) is 90.1 Å². The molecule has 0 saturated carbocycles. The van der Waals surface area contributed by atoms with Crippen molar-refractivity contribution >= 4 is 0 Å². The topological polar surface area (TPSA) is 3.24 Å². The highest BCUT2D eigenvalue weighted by atomic mass is 15.1. The first-order valence-corrected chi connectivity index (χ1v) is 8.49. The van der Waals surface area contributed by atoms with Gasteiger partial charge in [-0.3, -0.25) is 0 Å². The zero-order chi connectivity index (χ0) is 13.5. The fourth-order valence-corrected chi connectivity index (χ4v) is 2.44. The Morgan fingerprint density at radius 1 is 0.500 bits per heavy atom. The van der Waals surface area contributed by atoms with Gasteiger partial charge in [0, 0.05) is 0 Å². The van der Waals surface area contributed by atoms with Crippen LogP contribution in [-0.2, 0) is 0 Å². The molecule has 110 valence electrons. The van der Waals surface area contributed by atoms with Crippen LogP contribution in [0, 0.1) is 0 Å². The lowest BCUT2D eigenvalue weighted by atomic mass is 10.1. The van der Waals surface area contributed by atoms with E-state index in [1.807, 2.05) is 0 Å². The molecule has 1 nitrogen and oxygen atoms in total. The molecule has 0 amide bonds. The van der Waals surface area contributed by atoms with Crippen LogP contribution in [0.3, 0.4) is 0 Å². The van der Waals surface area contributed by atoms with Crippen molar-refractivity contribution in [2.45, 2.75) is 90.9 Å². The maximum atomic E-state index is 2.51. The van der Waals surface area contributed by atoms with Crippen LogP contribution in [0.25, 0.3) is 0 Å². The highest BCUT2D eigenvalue weighted by Crippen LogP contribution is 2.09. The van der Waals surface area contributed by atoms with Gasteiger partial charge >= 0.3 is 0 Å². The van der Waals surface area contributed by atoms with Crippen molar-refractivity contribution in [3.05, 3.63) is 0 Å². The Morgan fingerprint density at radius 2 is 0.833 bits per heavy atom. The average Bonchev–Trinajstić information content (AvgIpc) is 2.37. The first kappa shape index (κ1) is 18.0. The molecule has 0 radical (unpaired) electrons. The Labute approximate surface area is 116 Å². The van der Waals surface area contributed by atoms with Crippen molar-refractivity contribution in [1.82, 2.24) is 4.90 Å². The van der Waals surface area contributed by atoms with Crippen molar-refractivity contribution < 1.29 is 0 Å². The summed E-state index contributed by atoms with van der Waals surface area (Å²) in [6, 6.07) is 0. The van der Waals surface area contributed by atoms with Gasteiger partial charge in [0.15, 0.2) is 0 Å². The summed E-state index contributed by atoms with van der Waals surface area (Å²) in [5.74, 6) is 0. The van der Waals surface area contributed by atoms with Gasteiger partial charge in [-0.05, 0) is 33.0 Å². The van der Waals surface area contributed by atoms with E-state index in [1.54, 1.807) is 0 Å². The molecule has 0 aliphatic carbocycles. The third kappa shape index (κ3) is 14.0. The number of unbranched alkanes of at least 4 members (excludes halogenated alkanes) is 10. The van der Waals surface area contributed by atoms with Crippen molar-refractivity contribution in [3.63, 3.8) is 0 Å². The molecule has 0 aliphatic rings. The Bertz CT molecular complexity index is 145. The quantitative estimate of drug-likeness (QED) is 0.363. The standard InChI is InChI=1S/C17H37N/c1-4-6-8-9-10-11-12-13-15-17-18(3)16-14-7-5-2/h4-17H2,1-3H3. The molecular weight excluding hydrogens is 218 g/mol. The van der Waals surface area contributed by atoms with Crippen LogP contribution >= 0.6 is 0 Å². The van der Waals surface area contributed by atoms with Crippen LogP contribution in [0.5, 0.6) is 0 Å². The zero-order valence-electron chi connectivity index (χ0n) is 13.3. The Balaban J connectivity index is 3.05. The Kier molecular flexibility index (Phi) is 15.0. The molecule has 0 rings (SSSR count). The van der Waals surface area contributed by atoms with Crippen molar-refractivity contribution in [2.24, 2.45) is 0 Å². The number of rotatable bonds is 14. The number of hydrogen-bond donors (Lipinski definition) is 0. The molecule has 0 aliphatic heterocycles. The van der Waals surface area contributed by atoms with Gasteiger partial charge in [0.25, 0.3) is 0 Å². The van der Waals surface area contributed by atoms with Crippen LogP contribution in [0.15, 0.2) is 0 Å². The van der Waals surface area contributed by atoms with Crippen molar-refractivity contribution in [1.29, 1.82) is 0 Å². The highest BCUT2D eigenvalue weighted by molar-refractivity contribution is 4.53. The largest absolute Gasteiger partial charge is 0.306 e. The molecule has 0 unspecified atom stereocenters. The second-order valence-corrected chi connectivity index (χ2v) is 5.84. The maximum Gasteiger partial charge on any atom is -0.00218 e. The summed E-state index contributed by atoms with van der Waals surface area (Å²) in [5, 5.41) is 0. The second kappa shape index (κ2) is 15.0. The van der Waals surface area contributed by atoms with Crippen LogP contribution in [0.4, 0.5) is 0 Å². The fraction of sp³-hybridized carbons (Fsp3) is 1.00. The predicted octanol–water partition coefficient (Wildman–Crippen LogP) is 5.64. The highest BCUT2D eigenvalue weighted by Gasteiger charge is 1.97. The maximum absolute atomic E-state index is 2.51. The minimum atomic E-state index is 1.30. The average molecular weight is 255 g/mol. The molecule has 0 fully saturated rings. The van der Waals surface area contributed by atoms with E-state index in [0.717, 1.165) is 0 Å². The van der Waals surface area contributed by atoms with Crippen LogP contribution in [0.1, 0.15) is 90.9 Å². The van der Waals surface area contributed by atoms with E-state index in [2.05, 4.69) is 25.8 Å². The normalized spacial score (nSPS) is 11.3. The van der Waals surface area contributed by atoms with E-state index in [0.29, 0.717) is 0 Å². The summed E-state index contributed by atoms with van der Waals surface area (Å²) in [7, 11) is 2.28. The molecule has 0 spiro atoms. The lowest BCUT2D eigenvalue weighted by Crippen LogP contribution is -2.20. The summed E-state index contributed by atoms with van der Waals surface area (Å²) >= 11 is 0.